The van der Waals surface area contributed by atoms with Crippen molar-refractivity contribution < 1.29 is 32.3 Å². The summed E-state index contributed by atoms with van der Waals surface area (Å²) in [5.74, 6) is -2.03. The number of likely N-dealkylation sites (tertiary alicyclic amines) is 1. The van der Waals surface area contributed by atoms with E-state index in [4.69, 9.17) is 4.74 Å². The number of esters is 1. The fourth-order valence-corrected chi connectivity index (χ4v) is 6.67. The minimum absolute atomic E-state index is 0.108. The van der Waals surface area contributed by atoms with E-state index in [1.165, 1.54) is 19.2 Å². The largest absolute Gasteiger partial charge is 0.468 e. The highest BCUT2D eigenvalue weighted by Crippen LogP contribution is 2.55. The van der Waals surface area contributed by atoms with Crippen LogP contribution in [0, 0.1) is 16.7 Å². The molecule has 1 fully saturated rings. The van der Waals surface area contributed by atoms with Crippen molar-refractivity contribution >= 4 is 28.6 Å². The number of carbonyl (C=O) groups excluding carboxylic acids is 3. The van der Waals surface area contributed by atoms with Crippen molar-refractivity contribution in [1.82, 2.24) is 10.2 Å². The van der Waals surface area contributed by atoms with Crippen LogP contribution in [0.1, 0.15) is 56.2 Å². The molecular formula is C34H35F3N2O4. The molecule has 3 aromatic carbocycles. The molecule has 0 aromatic heterocycles. The summed E-state index contributed by atoms with van der Waals surface area (Å²) in [6.07, 6.45) is -1.52. The molecule has 2 aliphatic rings. The molecule has 0 spiro atoms. The van der Waals surface area contributed by atoms with Gasteiger partial charge in [0.1, 0.15) is 5.41 Å². The molecular weight excluding hydrogens is 557 g/mol. The van der Waals surface area contributed by atoms with Gasteiger partial charge in [0.15, 0.2) is 0 Å². The van der Waals surface area contributed by atoms with E-state index >= 15 is 0 Å². The van der Waals surface area contributed by atoms with Crippen molar-refractivity contribution in [2.24, 2.45) is 16.7 Å². The number of piperidine rings is 1. The van der Waals surface area contributed by atoms with E-state index in [9.17, 15) is 27.6 Å². The predicted octanol–water partition coefficient (Wildman–Crippen LogP) is 6.78. The average Bonchev–Trinajstić information content (AvgIpc) is 2.97. The first-order valence-corrected chi connectivity index (χ1v) is 14.3. The van der Waals surface area contributed by atoms with E-state index < -0.39 is 34.9 Å². The van der Waals surface area contributed by atoms with Gasteiger partial charge in [-0.05, 0) is 58.7 Å². The SMILES string of the molecule is COC(=O)[C@@]12C[C@@H](CC(=O)NCc3cccc(C(F)(F)F)c3)C(=O)N(Cc3cccc4ccccc34)C1=CCC(C)(C)C2. The Balaban J connectivity index is 1.45. The Kier molecular flexibility index (Phi) is 8.11. The number of carbonyl (C=O) groups is 3. The molecule has 1 N–H and O–H groups in total. The van der Waals surface area contributed by atoms with Crippen molar-refractivity contribution in [3.05, 3.63) is 95.2 Å². The smallest absolute Gasteiger partial charge is 0.416 e. The number of nitrogens with zero attached hydrogens (tertiary/aromatic N) is 1. The highest BCUT2D eigenvalue weighted by Gasteiger charge is 2.57. The van der Waals surface area contributed by atoms with E-state index in [1.807, 2.05) is 48.5 Å². The van der Waals surface area contributed by atoms with Crippen LogP contribution in [0.3, 0.4) is 0 Å². The molecule has 5 rings (SSSR count). The zero-order valence-corrected chi connectivity index (χ0v) is 24.5. The summed E-state index contributed by atoms with van der Waals surface area (Å²) in [5, 5.41) is 4.68. The first-order chi connectivity index (χ1) is 20.3. The third kappa shape index (κ3) is 6.17. The van der Waals surface area contributed by atoms with Gasteiger partial charge in [-0.25, -0.2) is 0 Å². The van der Waals surface area contributed by atoms with Crippen LogP contribution in [0.2, 0.25) is 0 Å². The number of fused-ring (bicyclic) bond motifs is 2. The second kappa shape index (κ2) is 11.5. The summed E-state index contributed by atoms with van der Waals surface area (Å²) in [6, 6.07) is 18.5. The van der Waals surface area contributed by atoms with Crippen LogP contribution < -0.4 is 5.32 Å². The third-order valence-electron chi connectivity index (χ3n) is 8.58. The molecule has 3 aromatic rings. The number of alkyl halides is 3. The van der Waals surface area contributed by atoms with Crippen LogP contribution in [-0.2, 0) is 38.4 Å². The van der Waals surface area contributed by atoms with Crippen molar-refractivity contribution in [2.45, 2.75) is 58.8 Å². The number of rotatable bonds is 7. The number of hydrogen-bond acceptors (Lipinski definition) is 4. The normalized spacial score (nSPS) is 21.6. The summed E-state index contributed by atoms with van der Waals surface area (Å²) in [6.45, 7) is 4.22. The molecule has 0 unspecified atom stereocenters. The first-order valence-electron chi connectivity index (χ1n) is 14.3. The van der Waals surface area contributed by atoms with Gasteiger partial charge in [-0.1, -0.05) is 74.5 Å². The van der Waals surface area contributed by atoms with Crippen LogP contribution in [0.25, 0.3) is 10.8 Å². The molecule has 2 amide bonds. The van der Waals surface area contributed by atoms with Crippen LogP contribution in [-0.4, -0.2) is 29.8 Å². The molecule has 2 atom stereocenters. The average molecular weight is 593 g/mol. The number of halogens is 3. The summed E-state index contributed by atoms with van der Waals surface area (Å²) >= 11 is 0. The highest BCUT2D eigenvalue weighted by atomic mass is 19.4. The molecule has 1 heterocycles. The summed E-state index contributed by atoms with van der Waals surface area (Å²) in [4.78, 5) is 42.5. The fourth-order valence-electron chi connectivity index (χ4n) is 6.67. The maximum absolute atomic E-state index is 14.1. The van der Waals surface area contributed by atoms with E-state index in [0.717, 1.165) is 28.5 Å². The molecule has 1 aliphatic heterocycles. The van der Waals surface area contributed by atoms with Gasteiger partial charge >= 0.3 is 12.1 Å². The number of ether oxygens (including phenoxy) is 1. The summed E-state index contributed by atoms with van der Waals surface area (Å²) in [5.41, 5.74) is -0.366. The molecule has 0 radical (unpaired) electrons. The molecule has 0 bridgehead atoms. The number of nitrogens with one attached hydrogen (secondary N) is 1. The van der Waals surface area contributed by atoms with Gasteiger partial charge in [-0.15, -0.1) is 0 Å². The van der Waals surface area contributed by atoms with Crippen LogP contribution in [0.4, 0.5) is 13.2 Å². The van der Waals surface area contributed by atoms with Crippen molar-refractivity contribution in [1.29, 1.82) is 0 Å². The monoisotopic (exact) mass is 592 g/mol. The van der Waals surface area contributed by atoms with E-state index in [-0.39, 0.29) is 37.3 Å². The lowest BCUT2D eigenvalue weighted by Gasteiger charge is -2.51. The zero-order valence-electron chi connectivity index (χ0n) is 24.5. The minimum atomic E-state index is -4.50. The summed E-state index contributed by atoms with van der Waals surface area (Å²) < 4.78 is 44.8. The van der Waals surface area contributed by atoms with E-state index in [1.54, 1.807) is 4.90 Å². The topological polar surface area (TPSA) is 75.7 Å². The van der Waals surface area contributed by atoms with Crippen LogP contribution >= 0.6 is 0 Å². The van der Waals surface area contributed by atoms with Crippen LogP contribution in [0.5, 0.6) is 0 Å². The predicted molar refractivity (Wildman–Crippen MR) is 156 cm³/mol. The van der Waals surface area contributed by atoms with Gasteiger partial charge in [0, 0.05) is 24.6 Å². The third-order valence-corrected chi connectivity index (χ3v) is 8.58. The van der Waals surface area contributed by atoms with Gasteiger partial charge in [0.25, 0.3) is 0 Å². The van der Waals surface area contributed by atoms with Crippen molar-refractivity contribution in [3.8, 4) is 0 Å². The van der Waals surface area contributed by atoms with Gasteiger partial charge in [0.2, 0.25) is 11.8 Å². The Morgan fingerprint density at radius 2 is 1.77 bits per heavy atom. The van der Waals surface area contributed by atoms with E-state index in [0.29, 0.717) is 24.1 Å². The minimum Gasteiger partial charge on any atom is -0.468 e. The maximum atomic E-state index is 14.1. The van der Waals surface area contributed by atoms with Crippen molar-refractivity contribution in [2.75, 3.05) is 7.11 Å². The summed E-state index contributed by atoms with van der Waals surface area (Å²) in [7, 11) is 1.33. The number of allylic oxidation sites excluding steroid dienone is 1. The Labute approximate surface area is 248 Å². The Bertz CT molecular complexity index is 1590. The van der Waals surface area contributed by atoms with E-state index in [2.05, 4.69) is 19.2 Å². The quantitative estimate of drug-likeness (QED) is 0.307. The number of benzene rings is 3. The fraction of sp³-hybridized carbons (Fsp3) is 0.382. The van der Waals surface area contributed by atoms with Crippen molar-refractivity contribution in [3.63, 3.8) is 0 Å². The standard InChI is InChI=1S/C34H35F3N2O4/c1-32(2)15-14-28-33(21-32,31(42)43-3)18-25(17-29(40)38-19-22-8-6-12-26(16-22)34(35,36)37)30(41)39(28)20-24-11-7-10-23-9-4-5-13-27(23)24/h4-14,16,25H,15,17-21H2,1-3H3,(H,38,40)/t25-,33-/m1/s1. The Morgan fingerprint density at radius 1 is 1.05 bits per heavy atom. The van der Waals surface area contributed by atoms with Gasteiger partial charge < -0.3 is 15.0 Å². The molecule has 6 nitrogen and oxygen atoms in total. The van der Waals surface area contributed by atoms with Gasteiger partial charge in [-0.3, -0.25) is 14.4 Å². The lowest BCUT2D eigenvalue weighted by Crippen LogP contribution is -2.55. The second-order valence-corrected chi connectivity index (χ2v) is 12.4. The Morgan fingerprint density at radius 3 is 2.51 bits per heavy atom. The number of amides is 2. The molecule has 226 valence electrons. The molecule has 43 heavy (non-hydrogen) atoms. The number of methoxy groups -OCH3 is 1. The molecule has 9 heteroatoms. The van der Waals surface area contributed by atoms with Crippen LogP contribution in [0.15, 0.2) is 78.5 Å². The molecule has 0 saturated carbocycles. The lowest BCUT2D eigenvalue weighted by molar-refractivity contribution is -0.162. The first kappa shape index (κ1) is 30.3. The maximum Gasteiger partial charge on any atom is 0.416 e. The lowest BCUT2D eigenvalue weighted by atomic mass is 9.59. The Hall–Kier alpha value is -4.14. The van der Waals surface area contributed by atoms with Gasteiger partial charge in [-0.2, -0.15) is 13.2 Å². The van der Waals surface area contributed by atoms with Gasteiger partial charge in [0.05, 0.1) is 19.2 Å². The number of hydrogen-bond donors (Lipinski definition) is 1. The molecule has 1 aliphatic carbocycles. The molecule has 1 saturated heterocycles. The highest BCUT2D eigenvalue weighted by molar-refractivity contribution is 5.93. The zero-order chi connectivity index (χ0) is 31.0. The second-order valence-electron chi connectivity index (χ2n) is 12.4.